The topological polar surface area (TPSA) is 78.4 Å². The average Bonchev–Trinajstić information content (AvgIpc) is 2.43. The van der Waals surface area contributed by atoms with Gasteiger partial charge in [0, 0.05) is 0 Å². The summed E-state index contributed by atoms with van der Waals surface area (Å²) in [6.45, 7) is 0. The highest BCUT2D eigenvalue weighted by molar-refractivity contribution is 6.39. The van der Waals surface area contributed by atoms with Gasteiger partial charge in [0.15, 0.2) is 0 Å². The molecule has 0 aromatic heterocycles. The number of amides is 2. The van der Waals surface area contributed by atoms with Gasteiger partial charge >= 0.3 is 12.0 Å². The van der Waals surface area contributed by atoms with Gasteiger partial charge in [-0.1, -0.05) is 41.4 Å². The van der Waals surface area contributed by atoms with E-state index in [9.17, 15) is 9.59 Å². The summed E-state index contributed by atoms with van der Waals surface area (Å²) in [5.74, 6) is -1.14. The van der Waals surface area contributed by atoms with Crippen LogP contribution >= 0.6 is 23.2 Å². The molecule has 0 aliphatic carbocycles. The molecule has 0 unspecified atom stereocenters. The van der Waals surface area contributed by atoms with Crippen LogP contribution in [0.4, 0.5) is 16.2 Å². The van der Waals surface area contributed by atoms with E-state index in [0.717, 1.165) is 0 Å². The van der Waals surface area contributed by atoms with Crippen molar-refractivity contribution in [2.45, 2.75) is 0 Å². The summed E-state index contributed by atoms with van der Waals surface area (Å²) in [6.07, 6.45) is 0. The maximum atomic E-state index is 11.9. The van der Waals surface area contributed by atoms with Crippen LogP contribution in [0.1, 0.15) is 10.4 Å². The fourth-order valence-electron chi connectivity index (χ4n) is 1.66. The molecule has 0 saturated heterocycles. The van der Waals surface area contributed by atoms with Crippen LogP contribution in [-0.4, -0.2) is 17.1 Å². The van der Waals surface area contributed by atoms with Crippen LogP contribution in [0, 0.1) is 0 Å². The summed E-state index contributed by atoms with van der Waals surface area (Å²) in [6, 6.07) is 10.2. The molecule has 0 heterocycles. The SMILES string of the molecule is O=C(Nc1ccccc1C(=O)O)Nc1c(Cl)cccc1Cl. The lowest BCUT2D eigenvalue weighted by Gasteiger charge is -2.11. The molecular formula is C14H10Cl2N2O3. The summed E-state index contributed by atoms with van der Waals surface area (Å²) in [5.41, 5.74) is 0.412. The zero-order chi connectivity index (χ0) is 15.4. The molecular weight excluding hydrogens is 315 g/mol. The van der Waals surface area contributed by atoms with Gasteiger partial charge in [-0.3, -0.25) is 0 Å². The third kappa shape index (κ3) is 3.65. The number of halogens is 2. The van der Waals surface area contributed by atoms with Crippen molar-refractivity contribution in [3.8, 4) is 0 Å². The molecule has 0 bridgehead atoms. The number of carboxylic acids is 1. The zero-order valence-electron chi connectivity index (χ0n) is 10.6. The Kier molecular flexibility index (Phi) is 4.67. The third-order valence-electron chi connectivity index (χ3n) is 2.61. The third-order valence-corrected chi connectivity index (χ3v) is 3.24. The van der Waals surface area contributed by atoms with E-state index in [0.29, 0.717) is 0 Å². The number of urea groups is 1. The van der Waals surface area contributed by atoms with Gasteiger partial charge < -0.3 is 15.7 Å². The number of carbonyl (C=O) groups excluding carboxylic acids is 1. The Morgan fingerprint density at radius 1 is 0.905 bits per heavy atom. The fraction of sp³-hybridized carbons (Fsp3) is 0. The Morgan fingerprint density at radius 2 is 1.52 bits per heavy atom. The van der Waals surface area contributed by atoms with E-state index in [2.05, 4.69) is 10.6 Å². The molecule has 0 atom stereocenters. The number of carbonyl (C=O) groups is 2. The number of aromatic carboxylic acids is 1. The molecule has 0 aliphatic rings. The van der Waals surface area contributed by atoms with Crippen molar-refractivity contribution in [2.24, 2.45) is 0 Å². The second-order valence-corrected chi connectivity index (χ2v) is 4.84. The number of carboxylic acid groups (broad SMARTS) is 1. The van der Waals surface area contributed by atoms with E-state index in [-0.39, 0.29) is 27.0 Å². The molecule has 2 rings (SSSR count). The van der Waals surface area contributed by atoms with Crippen molar-refractivity contribution >= 4 is 46.6 Å². The molecule has 0 radical (unpaired) electrons. The van der Waals surface area contributed by atoms with Crippen LogP contribution in [-0.2, 0) is 0 Å². The quantitative estimate of drug-likeness (QED) is 0.785. The van der Waals surface area contributed by atoms with Crippen molar-refractivity contribution in [1.29, 1.82) is 0 Å². The standard InChI is InChI=1S/C14H10Cl2N2O3/c15-9-5-3-6-10(16)12(9)18-14(21)17-11-7-2-1-4-8(11)13(19)20/h1-7H,(H,19,20)(H2,17,18,21). The number of para-hydroxylation sites is 2. The number of nitrogens with one attached hydrogen (secondary N) is 2. The van der Waals surface area contributed by atoms with Crippen LogP contribution in [0.25, 0.3) is 0 Å². The minimum atomic E-state index is -1.14. The van der Waals surface area contributed by atoms with Crippen molar-refractivity contribution in [3.63, 3.8) is 0 Å². The number of hydrogen-bond acceptors (Lipinski definition) is 2. The van der Waals surface area contributed by atoms with E-state index in [1.54, 1.807) is 30.3 Å². The fourth-order valence-corrected chi connectivity index (χ4v) is 2.15. The lowest BCUT2D eigenvalue weighted by atomic mass is 10.2. The van der Waals surface area contributed by atoms with Crippen LogP contribution < -0.4 is 10.6 Å². The highest BCUT2D eigenvalue weighted by atomic mass is 35.5. The van der Waals surface area contributed by atoms with Crippen molar-refractivity contribution in [2.75, 3.05) is 10.6 Å². The highest BCUT2D eigenvalue weighted by Gasteiger charge is 2.13. The Morgan fingerprint density at radius 3 is 2.14 bits per heavy atom. The van der Waals surface area contributed by atoms with Crippen molar-refractivity contribution in [1.82, 2.24) is 0 Å². The minimum absolute atomic E-state index is 0.0158. The molecule has 2 aromatic carbocycles. The van der Waals surface area contributed by atoms with Gasteiger partial charge in [0.25, 0.3) is 0 Å². The number of benzene rings is 2. The first-order valence-electron chi connectivity index (χ1n) is 5.83. The molecule has 2 aromatic rings. The van der Waals surface area contributed by atoms with Crippen molar-refractivity contribution in [3.05, 3.63) is 58.1 Å². The van der Waals surface area contributed by atoms with Gasteiger partial charge in [-0.05, 0) is 24.3 Å². The first kappa shape index (κ1) is 15.2. The van der Waals surface area contributed by atoms with E-state index < -0.39 is 12.0 Å². The van der Waals surface area contributed by atoms with Crippen molar-refractivity contribution < 1.29 is 14.7 Å². The molecule has 2 amide bonds. The Hall–Kier alpha value is -2.24. The Bertz CT molecular complexity index is 684. The molecule has 108 valence electrons. The molecule has 0 aliphatic heterocycles. The molecule has 21 heavy (non-hydrogen) atoms. The summed E-state index contributed by atoms with van der Waals surface area (Å²) < 4.78 is 0. The summed E-state index contributed by atoms with van der Waals surface area (Å²) in [5, 5.41) is 14.5. The largest absolute Gasteiger partial charge is 0.478 e. The van der Waals surface area contributed by atoms with Crippen LogP contribution in [0.3, 0.4) is 0 Å². The second kappa shape index (κ2) is 6.47. The van der Waals surface area contributed by atoms with E-state index in [4.69, 9.17) is 28.3 Å². The number of hydrogen-bond donors (Lipinski definition) is 3. The predicted octanol–water partition coefficient (Wildman–Crippen LogP) is 4.34. The first-order chi connectivity index (χ1) is 9.99. The molecule has 0 spiro atoms. The van der Waals surface area contributed by atoms with E-state index in [1.807, 2.05) is 0 Å². The first-order valence-corrected chi connectivity index (χ1v) is 6.59. The number of anilines is 2. The lowest BCUT2D eigenvalue weighted by molar-refractivity contribution is 0.0698. The second-order valence-electron chi connectivity index (χ2n) is 4.03. The van der Waals surface area contributed by atoms with E-state index >= 15 is 0 Å². The molecule has 5 nitrogen and oxygen atoms in total. The van der Waals surface area contributed by atoms with E-state index in [1.165, 1.54) is 12.1 Å². The van der Waals surface area contributed by atoms with Gasteiger partial charge in [0.2, 0.25) is 0 Å². The molecule has 0 fully saturated rings. The molecule has 7 heteroatoms. The van der Waals surface area contributed by atoms with Crippen LogP contribution in [0.15, 0.2) is 42.5 Å². The normalized spacial score (nSPS) is 10.0. The van der Waals surface area contributed by atoms with Crippen LogP contribution in [0.5, 0.6) is 0 Å². The average molecular weight is 325 g/mol. The zero-order valence-corrected chi connectivity index (χ0v) is 12.1. The predicted molar refractivity (Wildman–Crippen MR) is 82.5 cm³/mol. The molecule has 3 N–H and O–H groups in total. The Balaban J connectivity index is 2.18. The summed E-state index contributed by atoms with van der Waals surface area (Å²) >= 11 is 11.9. The van der Waals surface area contributed by atoms with Gasteiger partial charge in [-0.2, -0.15) is 0 Å². The van der Waals surface area contributed by atoms with Gasteiger partial charge in [-0.25, -0.2) is 9.59 Å². The number of rotatable bonds is 3. The summed E-state index contributed by atoms with van der Waals surface area (Å²) in [4.78, 5) is 23.0. The minimum Gasteiger partial charge on any atom is -0.478 e. The molecule has 0 saturated carbocycles. The van der Waals surface area contributed by atoms with Gasteiger partial charge in [-0.15, -0.1) is 0 Å². The van der Waals surface area contributed by atoms with Gasteiger partial charge in [0.1, 0.15) is 0 Å². The Labute approximate surface area is 130 Å². The van der Waals surface area contributed by atoms with Gasteiger partial charge in [0.05, 0.1) is 27.0 Å². The maximum Gasteiger partial charge on any atom is 0.337 e. The smallest absolute Gasteiger partial charge is 0.337 e. The maximum absolute atomic E-state index is 11.9. The summed E-state index contributed by atoms with van der Waals surface area (Å²) in [7, 11) is 0. The lowest BCUT2D eigenvalue weighted by Crippen LogP contribution is -2.21. The van der Waals surface area contributed by atoms with Crippen LogP contribution in [0.2, 0.25) is 10.0 Å². The highest BCUT2D eigenvalue weighted by Crippen LogP contribution is 2.30. The monoisotopic (exact) mass is 324 g/mol.